The molecule has 1 aliphatic rings. The van der Waals surface area contributed by atoms with E-state index in [-0.39, 0.29) is 30.2 Å². The van der Waals surface area contributed by atoms with Crippen molar-refractivity contribution >= 4 is 11.8 Å². The summed E-state index contributed by atoms with van der Waals surface area (Å²) < 4.78 is 5.22. The van der Waals surface area contributed by atoms with Crippen molar-refractivity contribution in [3.63, 3.8) is 0 Å². The number of carbonyl (C=O) groups excluding carboxylic acids is 2. The number of nitrogens with zero attached hydrogens (tertiary/aromatic N) is 1. The van der Waals surface area contributed by atoms with Gasteiger partial charge in [-0.25, -0.2) is 0 Å². The first kappa shape index (κ1) is 15.3. The molecule has 0 saturated carbocycles. The molecule has 0 aliphatic carbocycles. The fourth-order valence-corrected chi connectivity index (χ4v) is 3.04. The molecule has 23 heavy (non-hydrogen) atoms. The molecule has 5 nitrogen and oxygen atoms in total. The van der Waals surface area contributed by atoms with Gasteiger partial charge in [-0.3, -0.25) is 9.59 Å². The Bertz CT molecular complexity index is 692. The van der Waals surface area contributed by atoms with Gasteiger partial charge in [-0.05, 0) is 24.6 Å². The van der Waals surface area contributed by atoms with Crippen molar-refractivity contribution in [3.05, 3.63) is 59.5 Å². The standard InChI is InChI=1S/C18H20N2O3/c1-12-5-7-13(8-6-12)17-15(10-16(21)20(17)2)18(22)19-11-14-4-3-9-23-14/h3-9,15,17H,10-11H2,1-2H3,(H,19,22)/t15-,17-/m0/s1. The molecule has 1 aromatic heterocycles. The molecule has 120 valence electrons. The zero-order chi connectivity index (χ0) is 16.4. The minimum atomic E-state index is -0.384. The van der Waals surface area contributed by atoms with Crippen LogP contribution in [0.5, 0.6) is 0 Å². The second-order valence-corrected chi connectivity index (χ2v) is 5.97. The van der Waals surface area contributed by atoms with E-state index < -0.39 is 0 Å². The normalized spacial score (nSPS) is 20.8. The van der Waals surface area contributed by atoms with Crippen LogP contribution in [0.4, 0.5) is 0 Å². The van der Waals surface area contributed by atoms with Gasteiger partial charge < -0.3 is 14.6 Å². The Labute approximate surface area is 135 Å². The highest BCUT2D eigenvalue weighted by atomic mass is 16.3. The lowest BCUT2D eigenvalue weighted by Crippen LogP contribution is -2.34. The van der Waals surface area contributed by atoms with E-state index in [1.165, 1.54) is 0 Å². The lowest BCUT2D eigenvalue weighted by atomic mass is 9.92. The molecule has 1 N–H and O–H groups in total. The molecule has 1 fully saturated rings. The average molecular weight is 312 g/mol. The zero-order valence-corrected chi connectivity index (χ0v) is 13.3. The quantitative estimate of drug-likeness (QED) is 0.943. The molecule has 1 aliphatic heterocycles. The molecule has 2 atom stereocenters. The molecule has 1 aromatic carbocycles. The van der Waals surface area contributed by atoms with Crippen LogP contribution in [0, 0.1) is 12.8 Å². The van der Waals surface area contributed by atoms with Crippen LogP contribution in [0.15, 0.2) is 47.1 Å². The highest BCUT2D eigenvalue weighted by molar-refractivity contribution is 5.90. The fourth-order valence-electron chi connectivity index (χ4n) is 3.04. The van der Waals surface area contributed by atoms with Gasteiger partial charge in [0.15, 0.2) is 0 Å². The van der Waals surface area contributed by atoms with Gasteiger partial charge in [-0.1, -0.05) is 29.8 Å². The highest BCUT2D eigenvalue weighted by Gasteiger charge is 2.42. The van der Waals surface area contributed by atoms with E-state index >= 15 is 0 Å². The van der Waals surface area contributed by atoms with Crippen LogP contribution in [-0.4, -0.2) is 23.8 Å². The number of nitrogens with one attached hydrogen (secondary N) is 1. The van der Waals surface area contributed by atoms with Crippen LogP contribution in [0.1, 0.15) is 29.3 Å². The summed E-state index contributed by atoms with van der Waals surface area (Å²) in [7, 11) is 1.76. The second kappa shape index (κ2) is 6.28. The van der Waals surface area contributed by atoms with Crippen molar-refractivity contribution in [1.82, 2.24) is 10.2 Å². The Kier molecular flexibility index (Phi) is 4.19. The molecule has 2 amide bonds. The van der Waals surface area contributed by atoms with E-state index in [1.807, 2.05) is 37.3 Å². The van der Waals surface area contributed by atoms with E-state index in [1.54, 1.807) is 24.3 Å². The zero-order valence-electron chi connectivity index (χ0n) is 13.3. The first-order chi connectivity index (χ1) is 11.1. The molecular weight excluding hydrogens is 292 g/mol. The van der Waals surface area contributed by atoms with Gasteiger partial charge in [0.2, 0.25) is 11.8 Å². The van der Waals surface area contributed by atoms with Gasteiger partial charge in [-0.15, -0.1) is 0 Å². The molecule has 3 rings (SSSR count). The number of rotatable bonds is 4. The highest BCUT2D eigenvalue weighted by Crippen LogP contribution is 2.37. The van der Waals surface area contributed by atoms with E-state index in [4.69, 9.17) is 4.42 Å². The number of hydrogen-bond acceptors (Lipinski definition) is 3. The van der Waals surface area contributed by atoms with Crippen LogP contribution in [0.2, 0.25) is 0 Å². The Hall–Kier alpha value is -2.56. The summed E-state index contributed by atoms with van der Waals surface area (Å²) >= 11 is 0. The van der Waals surface area contributed by atoms with Crippen molar-refractivity contribution < 1.29 is 14.0 Å². The number of benzene rings is 1. The topological polar surface area (TPSA) is 62.6 Å². The van der Waals surface area contributed by atoms with Gasteiger partial charge in [0.25, 0.3) is 0 Å². The number of aryl methyl sites for hydroxylation is 1. The maximum absolute atomic E-state index is 12.6. The smallest absolute Gasteiger partial charge is 0.226 e. The van der Waals surface area contributed by atoms with Gasteiger partial charge in [0.1, 0.15) is 5.76 Å². The summed E-state index contributed by atoms with van der Waals surface area (Å²) in [6.07, 6.45) is 1.81. The summed E-state index contributed by atoms with van der Waals surface area (Å²) in [6.45, 7) is 2.35. The third-order valence-electron chi connectivity index (χ3n) is 4.36. The van der Waals surface area contributed by atoms with E-state index in [0.717, 1.165) is 11.1 Å². The molecule has 5 heteroatoms. The number of carbonyl (C=O) groups is 2. The molecule has 0 bridgehead atoms. The Morgan fingerprint density at radius 3 is 2.70 bits per heavy atom. The molecule has 1 saturated heterocycles. The third kappa shape index (κ3) is 3.13. The predicted octanol–water partition coefficient (Wildman–Crippen LogP) is 2.42. The van der Waals surface area contributed by atoms with Crippen LogP contribution in [0.3, 0.4) is 0 Å². The molecule has 2 aromatic rings. The summed E-state index contributed by atoms with van der Waals surface area (Å²) in [5, 5.41) is 2.87. The minimum absolute atomic E-state index is 0.00581. The minimum Gasteiger partial charge on any atom is -0.467 e. The second-order valence-electron chi connectivity index (χ2n) is 5.97. The Balaban J connectivity index is 1.76. The molecule has 2 heterocycles. The largest absolute Gasteiger partial charge is 0.467 e. The monoisotopic (exact) mass is 312 g/mol. The van der Waals surface area contributed by atoms with Crippen LogP contribution >= 0.6 is 0 Å². The number of hydrogen-bond donors (Lipinski definition) is 1. The molecule has 0 radical (unpaired) electrons. The van der Waals surface area contributed by atoms with Crippen LogP contribution in [0.25, 0.3) is 0 Å². The number of furan rings is 1. The SMILES string of the molecule is Cc1ccc([C@H]2[C@@H](C(=O)NCc3ccco3)CC(=O)N2C)cc1. The van der Waals surface area contributed by atoms with Gasteiger partial charge in [0.05, 0.1) is 24.8 Å². The van der Waals surface area contributed by atoms with Gasteiger partial charge in [-0.2, -0.15) is 0 Å². The summed E-state index contributed by atoms with van der Waals surface area (Å²) in [6, 6.07) is 11.4. The lowest BCUT2D eigenvalue weighted by molar-refractivity contribution is -0.128. The van der Waals surface area contributed by atoms with Crippen molar-refractivity contribution in [1.29, 1.82) is 0 Å². The number of likely N-dealkylation sites (tertiary alicyclic amines) is 1. The third-order valence-corrected chi connectivity index (χ3v) is 4.36. The van der Waals surface area contributed by atoms with Gasteiger partial charge >= 0.3 is 0 Å². The lowest BCUT2D eigenvalue weighted by Gasteiger charge is -2.25. The summed E-state index contributed by atoms with van der Waals surface area (Å²) in [5.74, 6) is 0.187. The van der Waals surface area contributed by atoms with Crippen molar-refractivity contribution in [2.24, 2.45) is 5.92 Å². The predicted molar refractivity (Wildman–Crippen MR) is 85.4 cm³/mol. The van der Waals surface area contributed by atoms with E-state index in [0.29, 0.717) is 12.3 Å². The molecular formula is C18H20N2O3. The van der Waals surface area contributed by atoms with Gasteiger partial charge in [0, 0.05) is 13.5 Å². The molecule has 0 spiro atoms. The average Bonchev–Trinajstić information content (AvgIpc) is 3.15. The van der Waals surface area contributed by atoms with Crippen molar-refractivity contribution in [2.75, 3.05) is 7.05 Å². The fraction of sp³-hybridized carbons (Fsp3) is 0.333. The maximum Gasteiger partial charge on any atom is 0.226 e. The number of amides is 2. The molecule has 0 unspecified atom stereocenters. The van der Waals surface area contributed by atoms with E-state index in [9.17, 15) is 9.59 Å². The van der Waals surface area contributed by atoms with Crippen molar-refractivity contribution in [3.8, 4) is 0 Å². The Morgan fingerprint density at radius 1 is 1.30 bits per heavy atom. The van der Waals surface area contributed by atoms with Crippen molar-refractivity contribution in [2.45, 2.75) is 25.9 Å². The summed E-state index contributed by atoms with van der Waals surface area (Å²) in [4.78, 5) is 26.3. The summed E-state index contributed by atoms with van der Waals surface area (Å²) in [5.41, 5.74) is 2.14. The Morgan fingerprint density at radius 2 is 2.04 bits per heavy atom. The first-order valence-electron chi connectivity index (χ1n) is 7.68. The van der Waals surface area contributed by atoms with Crippen LogP contribution < -0.4 is 5.32 Å². The first-order valence-corrected chi connectivity index (χ1v) is 7.68. The maximum atomic E-state index is 12.6. The van der Waals surface area contributed by atoms with E-state index in [2.05, 4.69) is 5.32 Å². The van der Waals surface area contributed by atoms with Crippen LogP contribution in [-0.2, 0) is 16.1 Å².